The summed E-state index contributed by atoms with van der Waals surface area (Å²) in [7, 11) is 1.55. The number of benzene rings is 4. The molecule has 0 radical (unpaired) electrons. The Morgan fingerprint density at radius 1 is 0.902 bits per heavy atom. The van der Waals surface area contributed by atoms with Gasteiger partial charge in [-0.3, -0.25) is 0 Å². The predicted octanol–water partition coefficient (Wildman–Crippen LogP) is 8.67. The normalized spacial score (nSPS) is 16.6. The van der Waals surface area contributed by atoms with Crippen LogP contribution in [0.4, 0.5) is 13.2 Å². The van der Waals surface area contributed by atoms with Gasteiger partial charge in [0.15, 0.2) is 11.5 Å². The number of hydrogen-bond acceptors (Lipinski definition) is 3. The topological polar surface area (TPSA) is 46.3 Å². The fourth-order valence-electron chi connectivity index (χ4n) is 5.52. The molecule has 2 atom stereocenters. The SMILES string of the molecule is COc1cc(C2NCC(c3ccccc3Cl)c3c2[nH]c2ccccc32)ccc1OCc1cccc(C(F)(F)F)c1.Cl. The third kappa shape index (κ3) is 5.62. The van der Waals surface area contributed by atoms with Crippen molar-refractivity contribution in [2.24, 2.45) is 0 Å². The van der Waals surface area contributed by atoms with Crippen molar-refractivity contribution in [3.05, 3.63) is 130 Å². The van der Waals surface area contributed by atoms with Crippen LogP contribution in [0.3, 0.4) is 0 Å². The summed E-state index contributed by atoms with van der Waals surface area (Å²) in [6.45, 7) is 0.659. The average Bonchev–Trinajstić information content (AvgIpc) is 3.35. The number of halogens is 5. The van der Waals surface area contributed by atoms with E-state index in [0.29, 0.717) is 23.6 Å². The van der Waals surface area contributed by atoms with E-state index >= 15 is 0 Å². The first-order valence-electron chi connectivity index (χ1n) is 12.9. The molecule has 0 amide bonds. The molecule has 0 fully saturated rings. The molecule has 9 heteroatoms. The molecule has 1 aromatic heterocycles. The fraction of sp³-hybridized carbons (Fsp3) is 0.188. The zero-order valence-corrected chi connectivity index (χ0v) is 23.5. The van der Waals surface area contributed by atoms with Gasteiger partial charge in [0.05, 0.1) is 18.7 Å². The second-order valence-corrected chi connectivity index (χ2v) is 10.2. The summed E-state index contributed by atoms with van der Waals surface area (Å²) in [4.78, 5) is 3.63. The average molecular weight is 599 g/mol. The molecule has 0 aliphatic carbocycles. The van der Waals surface area contributed by atoms with E-state index in [1.807, 2.05) is 42.5 Å². The van der Waals surface area contributed by atoms with Gasteiger partial charge in [-0.1, -0.05) is 66.2 Å². The molecule has 0 saturated carbocycles. The van der Waals surface area contributed by atoms with Crippen LogP contribution in [0.15, 0.2) is 91.0 Å². The Kier molecular flexibility index (Phi) is 8.23. The highest BCUT2D eigenvalue weighted by Crippen LogP contribution is 2.44. The Morgan fingerprint density at radius 2 is 1.68 bits per heavy atom. The van der Waals surface area contributed by atoms with Crippen LogP contribution in [-0.2, 0) is 12.8 Å². The molecule has 5 aromatic rings. The number of para-hydroxylation sites is 1. The van der Waals surface area contributed by atoms with E-state index in [1.54, 1.807) is 19.2 Å². The number of methoxy groups -OCH3 is 1. The van der Waals surface area contributed by atoms with Crippen LogP contribution >= 0.6 is 24.0 Å². The number of rotatable bonds is 6. The van der Waals surface area contributed by atoms with Crippen LogP contribution in [0, 0.1) is 0 Å². The van der Waals surface area contributed by atoms with E-state index in [1.165, 1.54) is 11.6 Å². The molecule has 6 rings (SSSR count). The molecule has 0 spiro atoms. The first-order chi connectivity index (χ1) is 19.3. The summed E-state index contributed by atoms with van der Waals surface area (Å²) in [5.74, 6) is 1.01. The lowest BCUT2D eigenvalue weighted by atomic mass is 9.83. The maximum absolute atomic E-state index is 13.1. The predicted molar refractivity (Wildman–Crippen MR) is 157 cm³/mol. The highest BCUT2D eigenvalue weighted by atomic mass is 35.5. The maximum atomic E-state index is 13.1. The summed E-state index contributed by atoms with van der Waals surface area (Å²) < 4.78 is 50.9. The van der Waals surface area contributed by atoms with Crippen molar-refractivity contribution in [2.75, 3.05) is 13.7 Å². The van der Waals surface area contributed by atoms with Gasteiger partial charge in [0.1, 0.15) is 6.61 Å². The summed E-state index contributed by atoms with van der Waals surface area (Å²) in [5, 5.41) is 5.57. The lowest BCUT2D eigenvalue weighted by Crippen LogP contribution is -2.34. The van der Waals surface area contributed by atoms with Gasteiger partial charge in [-0.15, -0.1) is 12.4 Å². The van der Waals surface area contributed by atoms with Crippen molar-refractivity contribution < 1.29 is 22.6 Å². The van der Waals surface area contributed by atoms with E-state index in [4.69, 9.17) is 21.1 Å². The molecule has 2 N–H and O–H groups in total. The molecule has 2 heterocycles. The number of aromatic nitrogens is 1. The molecule has 0 bridgehead atoms. The second kappa shape index (κ2) is 11.7. The monoisotopic (exact) mass is 598 g/mol. The molecule has 1 aliphatic rings. The molecule has 4 nitrogen and oxygen atoms in total. The van der Waals surface area contributed by atoms with Gasteiger partial charge in [0, 0.05) is 34.1 Å². The molecular formula is C32H27Cl2F3N2O2. The standard InChI is InChI=1S/C32H26ClF3N2O2.ClH/c1-39-28-16-20(13-14-27(28)40-18-19-7-6-8-21(15-19)32(34,35)36)30-31-29(23-10-3-5-12-26(23)38-31)24(17-37-30)22-9-2-4-11-25(22)33;/h2-16,24,30,37-38H,17-18H2,1H3;1H. The Morgan fingerprint density at radius 3 is 2.46 bits per heavy atom. The third-order valence-corrected chi connectivity index (χ3v) is 7.73. The highest BCUT2D eigenvalue weighted by Gasteiger charge is 2.34. The van der Waals surface area contributed by atoms with Gasteiger partial charge in [0.25, 0.3) is 0 Å². The van der Waals surface area contributed by atoms with Crippen molar-refractivity contribution in [3.8, 4) is 11.5 Å². The van der Waals surface area contributed by atoms with Crippen molar-refractivity contribution in [3.63, 3.8) is 0 Å². The van der Waals surface area contributed by atoms with Crippen molar-refractivity contribution in [1.82, 2.24) is 10.3 Å². The van der Waals surface area contributed by atoms with Crippen LogP contribution in [0.1, 0.15) is 45.5 Å². The summed E-state index contributed by atoms with van der Waals surface area (Å²) in [5.41, 5.74) is 5.05. The molecular weight excluding hydrogens is 572 g/mol. The zero-order valence-electron chi connectivity index (χ0n) is 22.0. The van der Waals surface area contributed by atoms with Crippen molar-refractivity contribution in [2.45, 2.75) is 24.7 Å². The Labute approximate surface area is 246 Å². The Hall–Kier alpha value is -3.65. The van der Waals surface area contributed by atoms with Gasteiger partial charge in [-0.2, -0.15) is 13.2 Å². The number of aromatic amines is 1. The van der Waals surface area contributed by atoms with E-state index in [9.17, 15) is 13.2 Å². The fourth-order valence-corrected chi connectivity index (χ4v) is 5.78. The lowest BCUT2D eigenvalue weighted by molar-refractivity contribution is -0.137. The molecule has 41 heavy (non-hydrogen) atoms. The number of alkyl halides is 3. The molecule has 0 saturated heterocycles. The number of fused-ring (bicyclic) bond motifs is 3. The van der Waals surface area contributed by atoms with Gasteiger partial charge < -0.3 is 19.8 Å². The van der Waals surface area contributed by atoms with Crippen molar-refractivity contribution >= 4 is 34.9 Å². The largest absolute Gasteiger partial charge is 0.493 e. The lowest BCUT2D eigenvalue weighted by Gasteiger charge is -2.32. The third-order valence-electron chi connectivity index (χ3n) is 7.39. The van der Waals surface area contributed by atoms with Crippen LogP contribution in [0.5, 0.6) is 11.5 Å². The quantitative estimate of drug-likeness (QED) is 0.205. The molecule has 2 unspecified atom stereocenters. The van der Waals surface area contributed by atoms with E-state index < -0.39 is 11.7 Å². The maximum Gasteiger partial charge on any atom is 0.416 e. The minimum Gasteiger partial charge on any atom is -0.493 e. The minimum atomic E-state index is -4.41. The first-order valence-corrected chi connectivity index (χ1v) is 13.3. The minimum absolute atomic E-state index is 0. The summed E-state index contributed by atoms with van der Waals surface area (Å²) >= 11 is 6.63. The van der Waals surface area contributed by atoms with Gasteiger partial charge >= 0.3 is 6.18 Å². The number of H-pyrrole nitrogens is 1. The van der Waals surface area contributed by atoms with Crippen LogP contribution in [-0.4, -0.2) is 18.6 Å². The van der Waals surface area contributed by atoms with Gasteiger partial charge in [0.2, 0.25) is 0 Å². The molecule has 212 valence electrons. The van der Waals surface area contributed by atoms with Crippen LogP contribution in [0.2, 0.25) is 5.02 Å². The first kappa shape index (κ1) is 28.9. The van der Waals surface area contributed by atoms with E-state index in [-0.39, 0.29) is 31.0 Å². The zero-order chi connectivity index (χ0) is 27.9. The van der Waals surface area contributed by atoms with Crippen molar-refractivity contribution in [1.29, 1.82) is 0 Å². The van der Waals surface area contributed by atoms with E-state index in [0.717, 1.165) is 44.9 Å². The number of hydrogen-bond donors (Lipinski definition) is 2. The van der Waals surface area contributed by atoms with Gasteiger partial charge in [-0.25, -0.2) is 0 Å². The molecule has 1 aliphatic heterocycles. The van der Waals surface area contributed by atoms with Crippen LogP contribution in [0.25, 0.3) is 10.9 Å². The molecule has 4 aromatic carbocycles. The Balaban J connectivity index is 0.00000337. The summed E-state index contributed by atoms with van der Waals surface area (Å²) in [6.07, 6.45) is -4.41. The summed E-state index contributed by atoms with van der Waals surface area (Å²) in [6, 6.07) is 26.8. The number of nitrogens with one attached hydrogen (secondary N) is 2. The Bertz CT molecular complexity index is 1690. The van der Waals surface area contributed by atoms with E-state index in [2.05, 4.69) is 28.5 Å². The highest BCUT2D eigenvalue weighted by molar-refractivity contribution is 6.31. The van der Waals surface area contributed by atoms with Gasteiger partial charge in [-0.05, 0) is 58.7 Å². The smallest absolute Gasteiger partial charge is 0.416 e. The van der Waals surface area contributed by atoms with Crippen LogP contribution < -0.4 is 14.8 Å². The second-order valence-electron chi connectivity index (χ2n) is 9.81. The number of ether oxygens (including phenoxy) is 2.